The Hall–Kier alpha value is -3.35. The van der Waals surface area contributed by atoms with Gasteiger partial charge in [-0.15, -0.1) is 0 Å². The Bertz CT molecular complexity index is 1010. The molecule has 0 aromatic heterocycles. The molecule has 27 heavy (non-hydrogen) atoms. The van der Waals surface area contributed by atoms with Gasteiger partial charge in [0, 0.05) is 18.4 Å². The van der Waals surface area contributed by atoms with Crippen molar-refractivity contribution >= 4 is 21.7 Å². The fraction of sp³-hybridized carbons (Fsp3) is 0.111. The zero-order chi connectivity index (χ0) is 19.9. The van der Waals surface area contributed by atoms with Crippen LogP contribution in [0.15, 0.2) is 65.2 Å². The first-order chi connectivity index (χ1) is 12.8. The smallest absolute Gasteiger partial charge is 0.294 e. The number of methoxy groups -OCH3 is 1. The van der Waals surface area contributed by atoms with Crippen LogP contribution >= 0.6 is 0 Å². The van der Waals surface area contributed by atoms with Crippen LogP contribution in [0, 0.1) is 11.3 Å². The van der Waals surface area contributed by atoms with Gasteiger partial charge in [-0.3, -0.25) is 9.35 Å². The number of benzene rings is 2. The minimum Gasteiger partial charge on any atom is -0.497 e. The number of rotatable bonds is 7. The zero-order valence-corrected chi connectivity index (χ0v) is 15.2. The molecule has 0 radical (unpaired) electrons. The first kappa shape index (κ1) is 20.0. The maximum absolute atomic E-state index is 12.2. The lowest BCUT2D eigenvalue weighted by molar-refractivity contribution is -0.112. The highest BCUT2D eigenvalue weighted by molar-refractivity contribution is 7.85. The lowest BCUT2D eigenvalue weighted by Crippen LogP contribution is -2.17. The number of carbonyl (C=O) groups is 1. The van der Waals surface area contributed by atoms with E-state index >= 15 is 0 Å². The van der Waals surface area contributed by atoms with Crippen LogP contribution in [0.1, 0.15) is 5.56 Å². The molecule has 9 heteroatoms. The van der Waals surface area contributed by atoms with E-state index in [9.17, 15) is 13.2 Å². The topological polar surface area (TPSA) is 129 Å². The van der Waals surface area contributed by atoms with Gasteiger partial charge in [0.2, 0.25) is 0 Å². The first-order valence-corrected chi connectivity index (χ1v) is 9.13. The number of nitriles is 1. The van der Waals surface area contributed by atoms with E-state index in [1.54, 1.807) is 19.2 Å². The molecule has 0 saturated heterocycles. The van der Waals surface area contributed by atoms with Gasteiger partial charge < -0.3 is 15.4 Å². The van der Waals surface area contributed by atoms with Crippen molar-refractivity contribution in [2.75, 3.05) is 12.4 Å². The number of carbonyl (C=O) groups excluding carboxylic acids is 1. The number of amides is 1. The van der Waals surface area contributed by atoms with Crippen LogP contribution in [0.5, 0.6) is 5.75 Å². The van der Waals surface area contributed by atoms with E-state index in [2.05, 4.69) is 10.6 Å². The average Bonchev–Trinajstić information content (AvgIpc) is 2.65. The molecule has 3 N–H and O–H groups in total. The SMILES string of the molecule is COc1cccc(CN/C=C(/C#N)C(=O)Nc2cccc(S(=O)(=O)O)c2)c1. The van der Waals surface area contributed by atoms with E-state index < -0.39 is 16.0 Å². The van der Waals surface area contributed by atoms with Gasteiger partial charge in [0.1, 0.15) is 17.4 Å². The van der Waals surface area contributed by atoms with E-state index in [0.717, 1.165) is 11.6 Å². The molecule has 0 unspecified atom stereocenters. The maximum atomic E-state index is 12.2. The molecule has 0 heterocycles. The Labute approximate surface area is 156 Å². The van der Waals surface area contributed by atoms with Gasteiger partial charge in [-0.05, 0) is 35.9 Å². The summed E-state index contributed by atoms with van der Waals surface area (Å²) in [6.45, 7) is 0.369. The largest absolute Gasteiger partial charge is 0.497 e. The second kappa shape index (κ2) is 8.84. The Morgan fingerprint density at radius 3 is 2.67 bits per heavy atom. The summed E-state index contributed by atoms with van der Waals surface area (Å²) in [5.41, 5.74) is 0.823. The van der Waals surface area contributed by atoms with Crippen molar-refractivity contribution in [1.29, 1.82) is 5.26 Å². The third-order valence-corrected chi connectivity index (χ3v) is 4.29. The van der Waals surface area contributed by atoms with Crippen molar-refractivity contribution in [2.24, 2.45) is 0 Å². The Morgan fingerprint density at radius 1 is 1.26 bits per heavy atom. The molecule has 0 atom stereocenters. The Balaban J connectivity index is 2.05. The Kier molecular flexibility index (Phi) is 6.54. The van der Waals surface area contributed by atoms with E-state index in [4.69, 9.17) is 14.6 Å². The minimum absolute atomic E-state index is 0.129. The highest BCUT2D eigenvalue weighted by atomic mass is 32.2. The summed E-state index contributed by atoms with van der Waals surface area (Å²) in [6.07, 6.45) is 1.27. The summed E-state index contributed by atoms with van der Waals surface area (Å²) in [5.74, 6) is -0.0293. The highest BCUT2D eigenvalue weighted by Gasteiger charge is 2.13. The predicted octanol–water partition coefficient (Wildman–Crippen LogP) is 2.08. The fourth-order valence-corrected chi connectivity index (χ4v) is 2.66. The number of anilines is 1. The first-order valence-electron chi connectivity index (χ1n) is 7.69. The predicted molar refractivity (Wildman–Crippen MR) is 98.4 cm³/mol. The number of ether oxygens (including phenoxy) is 1. The monoisotopic (exact) mass is 387 g/mol. The molecule has 0 bridgehead atoms. The molecule has 0 aliphatic carbocycles. The van der Waals surface area contributed by atoms with Gasteiger partial charge in [-0.25, -0.2) is 0 Å². The molecular formula is C18H17N3O5S. The van der Waals surface area contributed by atoms with Gasteiger partial charge in [-0.2, -0.15) is 13.7 Å². The molecule has 2 aromatic carbocycles. The summed E-state index contributed by atoms with van der Waals surface area (Å²) in [4.78, 5) is 11.8. The van der Waals surface area contributed by atoms with Crippen LogP contribution in [0.25, 0.3) is 0 Å². The molecule has 2 aromatic rings. The van der Waals surface area contributed by atoms with Crippen molar-refractivity contribution in [3.05, 3.63) is 65.9 Å². The zero-order valence-electron chi connectivity index (χ0n) is 14.3. The number of nitrogens with one attached hydrogen (secondary N) is 2. The Morgan fingerprint density at radius 2 is 2.00 bits per heavy atom. The van der Waals surface area contributed by atoms with E-state index in [0.29, 0.717) is 12.3 Å². The molecular weight excluding hydrogens is 370 g/mol. The van der Waals surface area contributed by atoms with Crippen molar-refractivity contribution in [3.8, 4) is 11.8 Å². The summed E-state index contributed by atoms with van der Waals surface area (Å²) < 4.78 is 36.4. The van der Waals surface area contributed by atoms with Crippen molar-refractivity contribution in [2.45, 2.75) is 11.4 Å². The molecule has 0 fully saturated rings. The van der Waals surface area contributed by atoms with Crippen LogP contribution in [0.4, 0.5) is 5.69 Å². The summed E-state index contributed by atoms with van der Waals surface area (Å²) in [6, 6.07) is 14.1. The molecule has 1 amide bonds. The van der Waals surface area contributed by atoms with Crippen molar-refractivity contribution in [3.63, 3.8) is 0 Å². The van der Waals surface area contributed by atoms with Crippen molar-refractivity contribution < 1.29 is 22.5 Å². The molecule has 0 spiro atoms. The second-order valence-electron chi connectivity index (χ2n) is 5.36. The summed E-state index contributed by atoms with van der Waals surface area (Å²) >= 11 is 0. The normalized spacial score (nSPS) is 11.4. The van der Waals surface area contributed by atoms with Crippen LogP contribution in [0.3, 0.4) is 0 Å². The van der Waals surface area contributed by atoms with Gasteiger partial charge in [-0.1, -0.05) is 18.2 Å². The number of hydrogen-bond acceptors (Lipinski definition) is 6. The van der Waals surface area contributed by atoms with E-state index in [1.165, 1.54) is 24.4 Å². The van der Waals surface area contributed by atoms with Crippen LogP contribution in [-0.2, 0) is 21.5 Å². The highest BCUT2D eigenvalue weighted by Crippen LogP contribution is 2.16. The summed E-state index contributed by atoms with van der Waals surface area (Å²) in [5, 5.41) is 14.4. The molecule has 140 valence electrons. The molecule has 2 rings (SSSR count). The van der Waals surface area contributed by atoms with Crippen molar-refractivity contribution in [1.82, 2.24) is 5.32 Å². The summed E-state index contributed by atoms with van der Waals surface area (Å²) in [7, 11) is -2.83. The third-order valence-electron chi connectivity index (χ3n) is 3.44. The molecule has 0 saturated carbocycles. The standard InChI is InChI=1S/C18H17N3O5S/c1-26-16-6-2-4-13(8-16)11-20-12-14(10-19)18(22)21-15-5-3-7-17(9-15)27(23,24)25/h2-9,12,20H,11H2,1H3,(H,21,22)(H,23,24,25)/b14-12-. The average molecular weight is 387 g/mol. The molecule has 0 aliphatic heterocycles. The van der Waals surface area contributed by atoms with E-state index in [1.807, 2.05) is 18.2 Å². The van der Waals surface area contributed by atoms with Gasteiger partial charge in [0.05, 0.1) is 12.0 Å². The quantitative estimate of drug-likeness (QED) is 0.377. The number of hydrogen-bond donors (Lipinski definition) is 3. The van der Waals surface area contributed by atoms with Gasteiger partial charge >= 0.3 is 0 Å². The lowest BCUT2D eigenvalue weighted by Gasteiger charge is -2.07. The van der Waals surface area contributed by atoms with Gasteiger partial charge in [0.25, 0.3) is 16.0 Å². The van der Waals surface area contributed by atoms with Gasteiger partial charge in [0.15, 0.2) is 0 Å². The fourth-order valence-electron chi connectivity index (χ4n) is 2.13. The minimum atomic E-state index is -4.39. The molecule has 8 nitrogen and oxygen atoms in total. The maximum Gasteiger partial charge on any atom is 0.294 e. The number of nitrogens with zero attached hydrogens (tertiary/aromatic N) is 1. The van der Waals surface area contributed by atoms with Crippen LogP contribution in [-0.4, -0.2) is 26.0 Å². The van der Waals surface area contributed by atoms with Crippen LogP contribution < -0.4 is 15.4 Å². The van der Waals surface area contributed by atoms with E-state index in [-0.39, 0.29) is 16.2 Å². The third kappa shape index (κ3) is 5.85. The van der Waals surface area contributed by atoms with Crippen LogP contribution in [0.2, 0.25) is 0 Å². The lowest BCUT2D eigenvalue weighted by atomic mass is 10.2. The second-order valence-corrected chi connectivity index (χ2v) is 6.78. The molecule has 0 aliphatic rings.